The molecule has 0 radical (unpaired) electrons. The molecule has 2 aromatic rings. The van der Waals surface area contributed by atoms with E-state index in [2.05, 4.69) is 5.32 Å². The number of morpholine rings is 1. The van der Waals surface area contributed by atoms with Crippen LogP contribution in [0.1, 0.15) is 5.56 Å². The van der Waals surface area contributed by atoms with Crippen LogP contribution in [0.2, 0.25) is 0 Å². The van der Waals surface area contributed by atoms with Crippen molar-refractivity contribution in [2.75, 3.05) is 13.2 Å². The third-order valence-electron chi connectivity index (χ3n) is 3.61. The summed E-state index contributed by atoms with van der Waals surface area (Å²) in [4.78, 5) is 21.5. The number of amides is 1. The molecule has 1 amide bonds. The Morgan fingerprint density at radius 1 is 1.12 bits per heavy atom. The van der Waals surface area contributed by atoms with Crippen LogP contribution in [-0.4, -0.2) is 30.1 Å². The second-order valence-electron chi connectivity index (χ2n) is 5.48. The molecule has 1 N–H and O–H groups in total. The van der Waals surface area contributed by atoms with Crippen LogP contribution in [-0.2, 0) is 16.0 Å². The summed E-state index contributed by atoms with van der Waals surface area (Å²) in [6, 6.07) is 13.4. The molecular formula is C17H16N2O5. The van der Waals surface area contributed by atoms with Crippen molar-refractivity contribution in [3.05, 3.63) is 64.2 Å². The van der Waals surface area contributed by atoms with Crippen molar-refractivity contribution >= 4 is 11.6 Å². The van der Waals surface area contributed by atoms with Crippen LogP contribution in [0.4, 0.5) is 5.69 Å². The molecule has 7 heteroatoms. The Kier molecular flexibility index (Phi) is 4.72. The smallest absolute Gasteiger partial charge is 0.269 e. The van der Waals surface area contributed by atoms with Crippen LogP contribution in [0, 0.1) is 10.1 Å². The SMILES string of the molecule is O=C1COCC(Cc2ccc(Oc3ccc([N+](=O)[O-])cc3)cc2)N1. The summed E-state index contributed by atoms with van der Waals surface area (Å²) in [5.41, 5.74) is 1.08. The molecule has 3 rings (SSSR count). The highest BCUT2D eigenvalue weighted by molar-refractivity contribution is 5.78. The molecule has 0 bridgehead atoms. The zero-order chi connectivity index (χ0) is 16.9. The highest BCUT2D eigenvalue weighted by Gasteiger charge is 2.18. The molecule has 1 saturated heterocycles. The molecule has 1 unspecified atom stereocenters. The lowest BCUT2D eigenvalue weighted by molar-refractivity contribution is -0.384. The number of rotatable bonds is 5. The number of hydrogen-bond acceptors (Lipinski definition) is 5. The quantitative estimate of drug-likeness (QED) is 0.672. The maximum atomic E-state index is 11.3. The van der Waals surface area contributed by atoms with E-state index in [-0.39, 0.29) is 24.2 Å². The van der Waals surface area contributed by atoms with E-state index in [1.54, 1.807) is 12.1 Å². The van der Waals surface area contributed by atoms with E-state index in [1.807, 2.05) is 24.3 Å². The summed E-state index contributed by atoms with van der Waals surface area (Å²) in [6.07, 6.45) is 0.684. The van der Waals surface area contributed by atoms with Crippen LogP contribution in [0.15, 0.2) is 48.5 Å². The first-order valence-electron chi connectivity index (χ1n) is 7.48. The Morgan fingerprint density at radius 2 is 1.75 bits per heavy atom. The van der Waals surface area contributed by atoms with Crippen LogP contribution >= 0.6 is 0 Å². The Labute approximate surface area is 138 Å². The largest absolute Gasteiger partial charge is 0.457 e. The highest BCUT2D eigenvalue weighted by atomic mass is 16.6. The number of carbonyl (C=O) groups is 1. The van der Waals surface area contributed by atoms with Crippen molar-refractivity contribution in [1.29, 1.82) is 0 Å². The van der Waals surface area contributed by atoms with Gasteiger partial charge in [0.2, 0.25) is 5.91 Å². The molecule has 0 spiro atoms. The zero-order valence-electron chi connectivity index (χ0n) is 12.8. The summed E-state index contributed by atoms with van der Waals surface area (Å²) >= 11 is 0. The fourth-order valence-electron chi connectivity index (χ4n) is 2.46. The number of non-ortho nitro benzene ring substituents is 1. The molecule has 124 valence electrons. The number of nitro groups is 1. The molecule has 1 fully saturated rings. The van der Waals surface area contributed by atoms with Gasteiger partial charge < -0.3 is 14.8 Å². The second kappa shape index (κ2) is 7.10. The minimum absolute atomic E-state index is 0.0207. The van der Waals surface area contributed by atoms with E-state index >= 15 is 0 Å². The van der Waals surface area contributed by atoms with Crippen molar-refractivity contribution in [2.45, 2.75) is 12.5 Å². The maximum absolute atomic E-state index is 11.3. The fourth-order valence-corrected chi connectivity index (χ4v) is 2.46. The Bertz CT molecular complexity index is 728. The number of hydrogen-bond donors (Lipinski definition) is 1. The summed E-state index contributed by atoms with van der Waals surface area (Å²) in [7, 11) is 0. The predicted octanol–water partition coefficient (Wildman–Crippen LogP) is 2.44. The minimum atomic E-state index is -0.452. The molecule has 1 aliphatic rings. The predicted molar refractivity (Wildman–Crippen MR) is 86.1 cm³/mol. The van der Waals surface area contributed by atoms with Gasteiger partial charge in [-0.15, -0.1) is 0 Å². The monoisotopic (exact) mass is 328 g/mol. The standard InChI is InChI=1S/C17H16N2O5/c20-17-11-23-10-13(18-17)9-12-1-5-15(6-2-12)24-16-7-3-14(4-8-16)19(21)22/h1-8,13H,9-11H2,(H,18,20). The summed E-state index contributed by atoms with van der Waals surface area (Å²) in [5.74, 6) is 1.07. The number of carbonyl (C=O) groups excluding carboxylic acids is 1. The Balaban J connectivity index is 1.59. The number of nitrogens with one attached hydrogen (secondary N) is 1. The van der Waals surface area contributed by atoms with Gasteiger partial charge in [0.25, 0.3) is 5.69 Å². The maximum Gasteiger partial charge on any atom is 0.269 e. The third-order valence-corrected chi connectivity index (χ3v) is 3.61. The summed E-state index contributed by atoms with van der Waals surface area (Å²) < 4.78 is 10.9. The highest BCUT2D eigenvalue weighted by Crippen LogP contribution is 2.24. The first-order chi connectivity index (χ1) is 11.6. The minimum Gasteiger partial charge on any atom is -0.457 e. The zero-order valence-corrected chi connectivity index (χ0v) is 12.8. The number of ether oxygens (including phenoxy) is 2. The van der Waals surface area contributed by atoms with Crippen molar-refractivity contribution in [2.24, 2.45) is 0 Å². The van der Waals surface area contributed by atoms with Gasteiger partial charge in [0.05, 0.1) is 17.6 Å². The van der Waals surface area contributed by atoms with E-state index in [9.17, 15) is 14.9 Å². The molecule has 1 aliphatic heterocycles. The summed E-state index contributed by atoms with van der Waals surface area (Å²) in [5, 5.41) is 13.5. The average Bonchev–Trinajstić information content (AvgIpc) is 2.57. The molecule has 0 aliphatic carbocycles. The van der Waals surface area contributed by atoms with Gasteiger partial charge >= 0.3 is 0 Å². The van der Waals surface area contributed by atoms with Gasteiger partial charge in [-0.2, -0.15) is 0 Å². The molecule has 7 nitrogen and oxygen atoms in total. The van der Waals surface area contributed by atoms with Gasteiger partial charge in [0, 0.05) is 12.1 Å². The first kappa shape index (κ1) is 15.9. The Morgan fingerprint density at radius 3 is 2.33 bits per heavy atom. The van der Waals surface area contributed by atoms with Gasteiger partial charge in [-0.05, 0) is 36.2 Å². The van der Waals surface area contributed by atoms with E-state index in [4.69, 9.17) is 9.47 Å². The topological polar surface area (TPSA) is 90.7 Å². The van der Waals surface area contributed by atoms with E-state index < -0.39 is 4.92 Å². The molecule has 24 heavy (non-hydrogen) atoms. The lowest BCUT2D eigenvalue weighted by Crippen LogP contribution is -2.46. The lowest BCUT2D eigenvalue weighted by atomic mass is 10.1. The normalized spacial score (nSPS) is 17.2. The average molecular weight is 328 g/mol. The van der Waals surface area contributed by atoms with Crippen LogP contribution in [0.3, 0.4) is 0 Å². The van der Waals surface area contributed by atoms with Crippen LogP contribution < -0.4 is 10.1 Å². The molecular weight excluding hydrogens is 312 g/mol. The van der Waals surface area contributed by atoms with Gasteiger partial charge in [-0.1, -0.05) is 12.1 Å². The molecule has 0 saturated carbocycles. The Hall–Kier alpha value is -2.93. The van der Waals surface area contributed by atoms with Crippen LogP contribution in [0.5, 0.6) is 11.5 Å². The number of benzene rings is 2. The van der Waals surface area contributed by atoms with E-state index in [0.717, 1.165) is 5.56 Å². The van der Waals surface area contributed by atoms with Gasteiger partial charge in [-0.25, -0.2) is 0 Å². The summed E-state index contributed by atoms with van der Waals surface area (Å²) in [6.45, 7) is 0.630. The van der Waals surface area contributed by atoms with Crippen molar-refractivity contribution < 1.29 is 19.2 Å². The van der Waals surface area contributed by atoms with Gasteiger partial charge in [0.15, 0.2) is 0 Å². The molecule has 0 aromatic heterocycles. The van der Waals surface area contributed by atoms with E-state index in [0.29, 0.717) is 24.5 Å². The van der Waals surface area contributed by atoms with Gasteiger partial charge in [-0.3, -0.25) is 14.9 Å². The lowest BCUT2D eigenvalue weighted by Gasteiger charge is -2.23. The number of nitrogens with zero attached hydrogens (tertiary/aromatic N) is 1. The fraction of sp³-hybridized carbons (Fsp3) is 0.235. The molecule has 1 heterocycles. The van der Waals surface area contributed by atoms with Crippen LogP contribution in [0.25, 0.3) is 0 Å². The molecule has 1 atom stereocenters. The third kappa shape index (κ3) is 4.08. The molecule has 2 aromatic carbocycles. The van der Waals surface area contributed by atoms with E-state index in [1.165, 1.54) is 12.1 Å². The number of nitro benzene ring substituents is 1. The van der Waals surface area contributed by atoms with Crippen molar-refractivity contribution in [1.82, 2.24) is 5.32 Å². The van der Waals surface area contributed by atoms with Crippen molar-refractivity contribution in [3.63, 3.8) is 0 Å². The van der Waals surface area contributed by atoms with Gasteiger partial charge in [0.1, 0.15) is 18.1 Å². The first-order valence-corrected chi connectivity index (χ1v) is 7.48. The van der Waals surface area contributed by atoms with Crippen molar-refractivity contribution in [3.8, 4) is 11.5 Å². The second-order valence-corrected chi connectivity index (χ2v) is 5.48.